The molecule has 1 aromatic carbocycles. The molecule has 5 nitrogen and oxygen atoms in total. The average Bonchev–Trinajstić information content (AvgIpc) is 3.45. The minimum atomic E-state index is 0.169. The normalized spacial score (nSPS) is 22.0. The lowest BCUT2D eigenvalue weighted by Gasteiger charge is -2.33. The number of anilines is 1. The molecule has 0 amide bonds. The summed E-state index contributed by atoms with van der Waals surface area (Å²) in [7, 11) is 0. The van der Waals surface area contributed by atoms with E-state index in [1.165, 1.54) is 12.8 Å². The second-order valence-corrected chi connectivity index (χ2v) is 6.28. The molecule has 1 N–H and O–H groups in total. The van der Waals surface area contributed by atoms with E-state index in [-0.39, 0.29) is 6.10 Å². The number of hydrogen-bond donors (Lipinski definition) is 1. The summed E-state index contributed by atoms with van der Waals surface area (Å²) < 4.78 is 5.89. The van der Waals surface area contributed by atoms with Crippen LogP contribution < -0.4 is 5.32 Å². The van der Waals surface area contributed by atoms with Crippen LogP contribution in [0.3, 0.4) is 0 Å². The Morgan fingerprint density at radius 3 is 3.04 bits per heavy atom. The van der Waals surface area contributed by atoms with E-state index < -0.39 is 0 Å². The van der Waals surface area contributed by atoms with Gasteiger partial charge >= 0.3 is 0 Å². The lowest BCUT2D eigenvalue weighted by Crippen LogP contribution is -2.46. The summed E-state index contributed by atoms with van der Waals surface area (Å²) in [6.07, 6.45) is 4.47. The third kappa shape index (κ3) is 3.00. The van der Waals surface area contributed by atoms with Gasteiger partial charge in [0.1, 0.15) is 6.07 Å². The van der Waals surface area contributed by atoms with Crippen LogP contribution in [0.1, 0.15) is 18.4 Å². The lowest BCUT2D eigenvalue weighted by atomic mass is 10.1. The van der Waals surface area contributed by atoms with E-state index in [1.807, 2.05) is 24.3 Å². The number of nitrogens with zero attached hydrogens (tertiary/aromatic N) is 3. The van der Waals surface area contributed by atoms with Gasteiger partial charge in [-0.25, -0.2) is 0 Å². The monoisotopic (exact) mass is 308 g/mol. The summed E-state index contributed by atoms with van der Waals surface area (Å²) in [5.41, 5.74) is 2.35. The smallest absolute Gasteiger partial charge is 0.103 e. The molecule has 1 aliphatic carbocycles. The number of morpholine rings is 1. The van der Waals surface area contributed by atoms with Gasteiger partial charge in [-0.1, -0.05) is 18.2 Å². The summed E-state index contributed by atoms with van der Waals surface area (Å²) in [6, 6.07) is 10.9. The number of nitrogens with one attached hydrogen (secondary N) is 1. The number of ether oxygens (including phenoxy) is 1. The molecule has 1 unspecified atom stereocenters. The summed E-state index contributed by atoms with van der Waals surface area (Å²) in [5, 5.41) is 13.8. The molecule has 1 aromatic heterocycles. The Morgan fingerprint density at radius 2 is 2.22 bits per heavy atom. The molecule has 0 bridgehead atoms. The van der Waals surface area contributed by atoms with E-state index in [0.29, 0.717) is 12.1 Å². The van der Waals surface area contributed by atoms with E-state index >= 15 is 0 Å². The Hall–Kier alpha value is -2.16. The number of pyridine rings is 1. The van der Waals surface area contributed by atoms with Crippen LogP contribution in [0, 0.1) is 11.3 Å². The van der Waals surface area contributed by atoms with Gasteiger partial charge in [0, 0.05) is 37.3 Å². The summed E-state index contributed by atoms with van der Waals surface area (Å²) in [5.74, 6) is 0. The van der Waals surface area contributed by atoms with Gasteiger partial charge in [-0.2, -0.15) is 5.26 Å². The second kappa shape index (κ2) is 6.15. The van der Waals surface area contributed by atoms with Crippen LogP contribution in [0.25, 0.3) is 10.9 Å². The minimum absolute atomic E-state index is 0.169. The molecule has 0 radical (unpaired) electrons. The quantitative estimate of drug-likeness (QED) is 0.939. The first-order chi connectivity index (χ1) is 11.3. The van der Waals surface area contributed by atoms with Gasteiger partial charge in [-0.15, -0.1) is 0 Å². The minimum Gasteiger partial charge on any atom is -0.381 e. The number of nitriles is 1. The molecule has 0 spiro atoms. The van der Waals surface area contributed by atoms with E-state index in [9.17, 15) is 5.26 Å². The van der Waals surface area contributed by atoms with E-state index in [1.54, 1.807) is 6.20 Å². The predicted octanol–water partition coefficient (Wildman–Crippen LogP) is 2.38. The van der Waals surface area contributed by atoms with E-state index in [4.69, 9.17) is 4.74 Å². The Kier molecular flexibility index (Phi) is 3.86. The molecular formula is C18H20N4O. The molecule has 2 fully saturated rings. The standard InChI is InChI=1S/C18H20N4O/c19-9-13-10-20-17-4-2-1-3-16(17)18(13)21-11-15-12-22(7-8-23-15)14-5-6-14/h1-4,10,14-15H,5-8,11-12H2,(H,20,21). The summed E-state index contributed by atoms with van der Waals surface area (Å²) in [6.45, 7) is 3.53. The number of para-hydroxylation sites is 1. The Morgan fingerprint density at radius 1 is 1.35 bits per heavy atom. The zero-order valence-corrected chi connectivity index (χ0v) is 13.0. The van der Waals surface area contributed by atoms with Gasteiger partial charge in [0.05, 0.1) is 29.5 Å². The van der Waals surface area contributed by atoms with Crippen molar-refractivity contribution in [2.45, 2.75) is 25.0 Å². The van der Waals surface area contributed by atoms with Crippen molar-refractivity contribution < 1.29 is 4.74 Å². The highest BCUT2D eigenvalue weighted by atomic mass is 16.5. The van der Waals surface area contributed by atoms with Gasteiger partial charge in [-0.3, -0.25) is 9.88 Å². The van der Waals surface area contributed by atoms with Crippen LogP contribution in [-0.4, -0.2) is 48.3 Å². The molecule has 4 rings (SSSR count). The van der Waals surface area contributed by atoms with Crippen molar-refractivity contribution in [2.24, 2.45) is 0 Å². The van der Waals surface area contributed by atoms with Crippen molar-refractivity contribution in [3.63, 3.8) is 0 Å². The fourth-order valence-corrected chi connectivity index (χ4v) is 3.27. The van der Waals surface area contributed by atoms with Crippen molar-refractivity contribution in [3.8, 4) is 6.07 Å². The molecule has 2 aromatic rings. The van der Waals surface area contributed by atoms with Crippen LogP contribution in [-0.2, 0) is 4.74 Å². The highest BCUT2D eigenvalue weighted by Gasteiger charge is 2.32. The first-order valence-electron chi connectivity index (χ1n) is 8.22. The van der Waals surface area contributed by atoms with Gasteiger partial charge in [0.2, 0.25) is 0 Å². The zero-order chi connectivity index (χ0) is 15.6. The molecule has 1 aliphatic heterocycles. The maximum Gasteiger partial charge on any atom is 0.103 e. The van der Waals surface area contributed by atoms with Crippen molar-refractivity contribution in [1.82, 2.24) is 9.88 Å². The third-order valence-electron chi connectivity index (χ3n) is 4.64. The number of hydrogen-bond acceptors (Lipinski definition) is 5. The molecule has 2 aliphatic rings. The van der Waals surface area contributed by atoms with Crippen molar-refractivity contribution >= 4 is 16.6 Å². The van der Waals surface area contributed by atoms with Crippen LogP contribution >= 0.6 is 0 Å². The molecule has 1 saturated heterocycles. The Bertz CT molecular complexity index is 750. The maximum absolute atomic E-state index is 9.37. The zero-order valence-electron chi connectivity index (χ0n) is 13.0. The molecule has 23 heavy (non-hydrogen) atoms. The highest BCUT2D eigenvalue weighted by molar-refractivity contribution is 5.93. The largest absolute Gasteiger partial charge is 0.381 e. The number of aromatic nitrogens is 1. The van der Waals surface area contributed by atoms with E-state index in [2.05, 4.69) is 21.3 Å². The Balaban J connectivity index is 1.52. The first kappa shape index (κ1) is 14.4. The fourth-order valence-electron chi connectivity index (χ4n) is 3.27. The summed E-state index contributed by atoms with van der Waals surface area (Å²) in [4.78, 5) is 6.88. The summed E-state index contributed by atoms with van der Waals surface area (Å²) >= 11 is 0. The molecule has 2 heterocycles. The van der Waals surface area contributed by atoms with Crippen molar-refractivity contribution in [1.29, 1.82) is 5.26 Å². The average molecular weight is 308 g/mol. The van der Waals surface area contributed by atoms with Crippen LogP contribution in [0.5, 0.6) is 0 Å². The topological polar surface area (TPSA) is 61.2 Å². The molecule has 1 atom stereocenters. The van der Waals surface area contributed by atoms with Crippen LogP contribution in [0.15, 0.2) is 30.5 Å². The van der Waals surface area contributed by atoms with Gasteiger partial charge in [0.15, 0.2) is 0 Å². The SMILES string of the molecule is N#Cc1cnc2ccccc2c1NCC1CN(C2CC2)CCO1. The third-order valence-corrected chi connectivity index (χ3v) is 4.64. The Labute approximate surface area is 135 Å². The molecule has 1 saturated carbocycles. The van der Waals surface area contributed by atoms with Crippen LogP contribution in [0.4, 0.5) is 5.69 Å². The maximum atomic E-state index is 9.37. The van der Waals surface area contributed by atoms with Gasteiger partial charge in [0.25, 0.3) is 0 Å². The molecule has 5 heteroatoms. The predicted molar refractivity (Wildman–Crippen MR) is 89.3 cm³/mol. The molecule has 118 valence electrons. The fraction of sp³-hybridized carbons (Fsp3) is 0.444. The number of benzene rings is 1. The number of rotatable bonds is 4. The first-order valence-corrected chi connectivity index (χ1v) is 8.22. The van der Waals surface area contributed by atoms with Crippen molar-refractivity contribution in [2.75, 3.05) is 31.6 Å². The van der Waals surface area contributed by atoms with E-state index in [0.717, 1.165) is 42.3 Å². The second-order valence-electron chi connectivity index (χ2n) is 6.28. The number of fused-ring (bicyclic) bond motifs is 1. The van der Waals surface area contributed by atoms with Crippen molar-refractivity contribution in [3.05, 3.63) is 36.0 Å². The van der Waals surface area contributed by atoms with Gasteiger partial charge < -0.3 is 10.1 Å². The lowest BCUT2D eigenvalue weighted by molar-refractivity contribution is -0.0241. The highest BCUT2D eigenvalue weighted by Crippen LogP contribution is 2.29. The van der Waals surface area contributed by atoms with Gasteiger partial charge in [-0.05, 0) is 18.9 Å². The van der Waals surface area contributed by atoms with Crippen LogP contribution in [0.2, 0.25) is 0 Å². The molecular weight excluding hydrogens is 288 g/mol.